The molecule has 0 fully saturated rings. The Balaban J connectivity index is 2.30. The van der Waals surface area contributed by atoms with Crippen molar-refractivity contribution < 1.29 is 19.5 Å². The molecule has 0 spiro atoms. The number of hydrogen-bond donors (Lipinski definition) is 2. The predicted octanol–water partition coefficient (Wildman–Crippen LogP) is 3.35. The van der Waals surface area contributed by atoms with Crippen molar-refractivity contribution in [2.24, 2.45) is 0 Å². The van der Waals surface area contributed by atoms with Crippen LogP contribution in [-0.4, -0.2) is 41.4 Å². The average Bonchev–Trinajstić information content (AvgIpc) is 2.62. The molecule has 2 rings (SSSR count). The third kappa shape index (κ3) is 4.08. The maximum Gasteiger partial charge on any atom is 0.336 e. The van der Waals surface area contributed by atoms with E-state index in [-0.39, 0.29) is 11.5 Å². The molecule has 26 heavy (non-hydrogen) atoms. The Hall–Kier alpha value is -3.15. The topological polar surface area (TPSA) is 86.7 Å². The lowest BCUT2D eigenvalue weighted by Crippen LogP contribution is -2.26. The lowest BCUT2D eigenvalue weighted by Gasteiger charge is -2.15. The van der Waals surface area contributed by atoms with E-state index in [4.69, 9.17) is 0 Å². The molecule has 2 amide bonds. The standard InChI is InChI=1S/C20H22N2O4/c1-5-22(4)19(24)15-8-6-7-14(10-15)18(23)21-17-11-16(20(25)26)12(2)9-13(17)3/h6-11H,5H2,1-4H3,(H,21,23)(H,25,26). The summed E-state index contributed by atoms with van der Waals surface area (Å²) in [5, 5.41) is 12.0. The minimum atomic E-state index is -1.05. The number of amides is 2. The van der Waals surface area contributed by atoms with Crippen molar-refractivity contribution in [2.45, 2.75) is 20.8 Å². The Morgan fingerprint density at radius 3 is 2.31 bits per heavy atom. The first kappa shape index (κ1) is 19.2. The Kier molecular flexibility index (Phi) is 5.77. The molecule has 0 atom stereocenters. The largest absolute Gasteiger partial charge is 0.478 e. The number of benzene rings is 2. The van der Waals surface area contributed by atoms with Crippen LogP contribution in [0, 0.1) is 13.8 Å². The summed E-state index contributed by atoms with van der Waals surface area (Å²) >= 11 is 0. The third-order valence-corrected chi connectivity index (χ3v) is 4.24. The molecular formula is C20H22N2O4. The van der Waals surface area contributed by atoms with Gasteiger partial charge < -0.3 is 15.3 Å². The molecule has 0 aromatic heterocycles. The fourth-order valence-corrected chi connectivity index (χ4v) is 2.57. The second kappa shape index (κ2) is 7.82. The van der Waals surface area contributed by atoms with Crippen molar-refractivity contribution >= 4 is 23.5 Å². The van der Waals surface area contributed by atoms with Crippen molar-refractivity contribution in [1.29, 1.82) is 0 Å². The van der Waals surface area contributed by atoms with Gasteiger partial charge in [0.15, 0.2) is 0 Å². The van der Waals surface area contributed by atoms with Crippen LogP contribution in [0.2, 0.25) is 0 Å². The van der Waals surface area contributed by atoms with Gasteiger partial charge in [0.1, 0.15) is 0 Å². The molecule has 0 saturated heterocycles. The van der Waals surface area contributed by atoms with Gasteiger partial charge in [-0.05, 0) is 56.2 Å². The van der Waals surface area contributed by atoms with E-state index in [1.165, 1.54) is 12.1 Å². The predicted molar refractivity (Wildman–Crippen MR) is 99.9 cm³/mol. The second-order valence-electron chi connectivity index (χ2n) is 6.14. The number of carboxylic acid groups (broad SMARTS) is 1. The second-order valence-corrected chi connectivity index (χ2v) is 6.14. The van der Waals surface area contributed by atoms with Crippen LogP contribution >= 0.6 is 0 Å². The van der Waals surface area contributed by atoms with Gasteiger partial charge in [0.25, 0.3) is 11.8 Å². The number of carboxylic acids is 1. The Morgan fingerprint density at radius 1 is 1.04 bits per heavy atom. The number of hydrogen-bond acceptors (Lipinski definition) is 3. The van der Waals surface area contributed by atoms with Gasteiger partial charge in [-0.15, -0.1) is 0 Å². The van der Waals surface area contributed by atoms with Crippen LogP contribution in [-0.2, 0) is 0 Å². The van der Waals surface area contributed by atoms with Gasteiger partial charge in [-0.2, -0.15) is 0 Å². The molecule has 2 aromatic carbocycles. The van der Waals surface area contributed by atoms with Crippen LogP contribution < -0.4 is 5.32 Å². The highest BCUT2D eigenvalue weighted by atomic mass is 16.4. The van der Waals surface area contributed by atoms with Gasteiger partial charge in [0.05, 0.1) is 5.56 Å². The number of aromatic carboxylic acids is 1. The van der Waals surface area contributed by atoms with E-state index in [2.05, 4.69) is 5.32 Å². The molecule has 6 nitrogen and oxygen atoms in total. The zero-order chi connectivity index (χ0) is 19.4. The molecule has 0 aliphatic carbocycles. The molecule has 0 radical (unpaired) electrons. The summed E-state index contributed by atoms with van der Waals surface area (Å²) in [6, 6.07) is 9.62. The highest BCUT2D eigenvalue weighted by Crippen LogP contribution is 2.22. The molecule has 136 valence electrons. The monoisotopic (exact) mass is 354 g/mol. The lowest BCUT2D eigenvalue weighted by atomic mass is 10.0. The number of nitrogens with zero attached hydrogens (tertiary/aromatic N) is 1. The number of rotatable bonds is 5. The first-order valence-electron chi connectivity index (χ1n) is 8.26. The normalized spacial score (nSPS) is 10.3. The summed E-state index contributed by atoms with van der Waals surface area (Å²) in [6.07, 6.45) is 0. The molecule has 0 heterocycles. The third-order valence-electron chi connectivity index (χ3n) is 4.24. The molecule has 6 heteroatoms. The SMILES string of the molecule is CCN(C)C(=O)c1cccc(C(=O)Nc2cc(C(=O)O)c(C)cc2C)c1. The van der Waals surface area contributed by atoms with Gasteiger partial charge in [-0.3, -0.25) is 9.59 Å². The number of aryl methyl sites for hydroxylation is 2. The summed E-state index contributed by atoms with van der Waals surface area (Å²) in [5.74, 6) is -1.61. The van der Waals surface area contributed by atoms with Gasteiger partial charge in [-0.1, -0.05) is 12.1 Å². The van der Waals surface area contributed by atoms with Gasteiger partial charge in [0.2, 0.25) is 0 Å². The quantitative estimate of drug-likeness (QED) is 0.862. The summed E-state index contributed by atoms with van der Waals surface area (Å²) in [7, 11) is 1.69. The summed E-state index contributed by atoms with van der Waals surface area (Å²) in [5.41, 5.74) is 2.72. The fourth-order valence-electron chi connectivity index (χ4n) is 2.57. The zero-order valence-electron chi connectivity index (χ0n) is 15.3. The number of nitrogens with one attached hydrogen (secondary N) is 1. The average molecular weight is 354 g/mol. The smallest absolute Gasteiger partial charge is 0.336 e. The van der Waals surface area contributed by atoms with E-state index in [0.717, 1.165) is 5.56 Å². The fraction of sp³-hybridized carbons (Fsp3) is 0.250. The minimum Gasteiger partial charge on any atom is -0.478 e. The lowest BCUT2D eigenvalue weighted by molar-refractivity contribution is 0.0695. The van der Waals surface area contributed by atoms with Crippen LogP contribution in [0.5, 0.6) is 0 Å². The van der Waals surface area contributed by atoms with Crippen LogP contribution in [0.4, 0.5) is 5.69 Å². The van der Waals surface area contributed by atoms with E-state index in [1.54, 1.807) is 50.1 Å². The molecule has 0 bridgehead atoms. The van der Waals surface area contributed by atoms with E-state index >= 15 is 0 Å². The molecule has 0 aliphatic rings. The van der Waals surface area contributed by atoms with Crippen molar-refractivity contribution in [3.05, 3.63) is 64.2 Å². The summed E-state index contributed by atoms with van der Waals surface area (Å²) in [6.45, 7) is 5.94. The maximum absolute atomic E-state index is 12.6. The first-order valence-corrected chi connectivity index (χ1v) is 8.26. The van der Waals surface area contributed by atoms with E-state index < -0.39 is 11.9 Å². The molecule has 0 saturated carbocycles. The highest BCUT2D eigenvalue weighted by Gasteiger charge is 2.15. The molecule has 2 aromatic rings. The molecule has 0 unspecified atom stereocenters. The van der Waals surface area contributed by atoms with Crippen LogP contribution in [0.1, 0.15) is 49.1 Å². The number of anilines is 1. The van der Waals surface area contributed by atoms with Gasteiger partial charge in [0, 0.05) is 30.4 Å². The first-order chi connectivity index (χ1) is 12.2. The van der Waals surface area contributed by atoms with Gasteiger partial charge >= 0.3 is 5.97 Å². The van der Waals surface area contributed by atoms with Crippen molar-refractivity contribution in [1.82, 2.24) is 4.90 Å². The Morgan fingerprint density at radius 2 is 1.69 bits per heavy atom. The summed E-state index contributed by atoms with van der Waals surface area (Å²) < 4.78 is 0. The minimum absolute atomic E-state index is 0.138. The van der Waals surface area contributed by atoms with Crippen LogP contribution in [0.15, 0.2) is 36.4 Å². The molecule has 2 N–H and O–H groups in total. The number of carbonyl (C=O) groups is 3. The van der Waals surface area contributed by atoms with E-state index in [9.17, 15) is 19.5 Å². The highest BCUT2D eigenvalue weighted by molar-refractivity contribution is 6.07. The number of carbonyl (C=O) groups excluding carboxylic acids is 2. The maximum atomic E-state index is 12.6. The van der Waals surface area contributed by atoms with E-state index in [0.29, 0.717) is 28.9 Å². The Labute approximate surface area is 152 Å². The van der Waals surface area contributed by atoms with Gasteiger partial charge in [-0.25, -0.2) is 4.79 Å². The Bertz CT molecular complexity index is 874. The van der Waals surface area contributed by atoms with Crippen molar-refractivity contribution in [3.8, 4) is 0 Å². The van der Waals surface area contributed by atoms with Crippen LogP contribution in [0.3, 0.4) is 0 Å². The van der Waals surface area contributed by atoms with Crippen molar-refractivity contribution in [2.75, 3.05) is 18.9 Å². The molecular weight excluding hydrogens is 332 g/mol. The van der Waals surface area contributed by atoms with E-state index in [1.807, 2.05) is 6.92 Å². The van der Waals surface area contributed by atoms with Crippen LogP contribution in [0.25, 0.3) is 0 Å². The summed E-state index contributed by atoms with van der Waals surface area (Å²) in [4.78, 5) is 37.7. The molecule has 0 aliphatic heterocycles. The zero-order valence-corrected chi connectivity index (χ0v) is 15.3. The van der Waals surface area contributed by atoms with Crippen molar-refractivity contribution in [3.63, 3.8) is 0 Å².